The van der Waals surface area contributed by atoms with Gasteiger partial charge in [-0.2, -0.15) is 0 Å². The Morgan fingerprint density at radius 3 is 2.58 bits per heavy atom. The van der Waals surface area contributed by atoms with E-state index in [1.165, 1.54) is 30.4 Å². The number of hydrogen-bond acceptors (Lipinski definition) is 4. The summed E-state index contributed by atoms with van der Waals surface area (Å²) in [4.78, 5) is 32.2. The van der Waals surface area contributed by atoms with Gasteiger partial charge in [-0.25, -0.2) is 9.36 Å². The Labute approximate surface area is 159 Å². The number of H-pyrrole nitrogens is 1. The summed E-state index contributed by atoms with van der Waals surface area (Å²) >= 11 is 3.33. The van der Waals surface area contributed by atoms with Crippen molar-refractivity contribution in [2.75, 3.05) is 26.2 Å². The van der Waals surface area contributed by atoms with Gasteiger partial charge in [0, 0.05) is 10.7 Å². The molecular formula is C18H22BrN4O3+. The third kappa shape index (κ3) is 4.31. The summed E-state index contributed by atoms with van der Waals surface area (Å²) in [6.07, 6.45) is 5.15. The Morgan fingerprint density at radius 1 is 1.19 bits per heavy atom. The van der Waals surface area contributed by atoms with E-state index >= 15 is 0 Å². The van der Waals surface area contributed by atoms with Crippen molar-refractivity contribution in [3.8, 4) is 11.6 Å². The highest BCUT2D eigenvalue weighted by Gasteiger charge is 2.15. The largest absolute Gasteiger partial charge is 0.493 e. The molecule has 0 spiro atoms. The van der Waals surface area contributed by atoms with Gasteiger partial charge < -0.3 is 10.0 Å². The maximum atomic E-state index is 12.1. The van der Waals surface area contributed by atoms with Crippen LogP contribution in [0.1, 0.15) is 24.8 Å². The molecule has 3 rings (SSSR count). The minimum atomic E-state index is -0.690. The molecule has 138 valence electrons. The van der Waals surface area contributed by atoms with E-state index in [-0.39, 0.29) is 5.56 Å². The molecule has 1 fully saturated rings. The van der Waals surface area contributed by atoms with Gasteiger partial charge in [-0.15, -0.1) is 0 Å². The fourth-order valence-electron chi connectivity index (χ4n) is 3.16. The number of benzene rings is 1. The average Bonchev–Trinajstić information content (AvgIpc) is 2.63. The van der Waals surface area contributed by atoms with Crippen LogP contribution in [0.25, 0.3) is 5.69 Å². The number of aromatic hydroxyl groups is 1. The zero-order chi connectivity index (χ0) is 18.5. The molecule has 0 saturated carbocycles. The second-order valence-corrected chi connectivity index (χ2v) is 7.32. The number of hydrogen-bond donors (Lipinski definition) is 3. The van der Waals surface area contributed by atoms with Gasteiger partial charge in [-0.1, -0.05) is 15.9 Å². The molecule has 7 nitrogen and oxygen atoms in total. The fourth-order valence-corrected chi connectivity index (χ4v) is 3.43. The third-order valence-corrected chi connectivity index (χ3v) is 5.11. The van der Waals surface area contributed by atoms with Crippen LogP contribution in [0.5, 0.6) is 5.88 Å². The van der Waals surface area contributed by atoms with Gasteiger partial charge in [0.2, 0.25) is 5.88 Å². The quantitative estimate of drug-likeness (QED) is 0.613. The third-order valence-electron chi connectivity index (χ3n) is 4.58. The molecule has 0 aliphatic carbocycles. The van der Waals surface area contributed by atoms with Gasteiger partial charge in [0.15, 0.2) is 0 Å². The van der Waals surface area contributed by atoms with Crippen LogP contribution >= 0.6 is 15.9 Å². The molecule has 26 heavy (non-hydrogen) atoms. The van der Waals surface area contributed by atoms with Crippen LogP contribution in [0.4, 0.5) is 0 Å². The number of aliphatic imine (C=N–C) groups is 1. The summed E-state index contributed by atoms with van der Waals surface area (Å²) in [6, 6.07) is 6.84. The number of quaternary nitrogens is 1. The lowest BCUT2D eigenvalue weighted by molar-refractivity contribution is -0.903. The lowest BCUT2D eigenvalue weighted by atomic mass is 10.1. The topological polar surface area (TPSA) is 91.9 Å². The average molecular weight is 422 g/mol. The number of aromatic amines is 1. The molecule has 0 atom stereocenters. The van der Waals surface area contributed by atoms with Gasteiger partial charge in [0.05, 0.1) is 31.9 Å². The molecule has 0 amide bonds. The van der Waals surface area contributed by atoms with E-state index < -0.39 is 17.1 Å². The molecule has 1 aliphatic heterocycles. The first-order valence-electron chi connectivity index (χ1n) is 8.74. The molecule has 0 unspecified atom stereocenters. The van der Waals surface area contributed by atoms with Crippen LogP contribution in [-0.4, -0.2) is 47.1 Å². The maximum absolute atomic E-state index is 12.1. The van der Waals surface area contributed by atoms with Gasteiger partial charge in [-0.3, -0.25) is 14.8 Å². The first-order valence-corrected chi connectivity index (χ1v) is 9.53. The zero-order valence-electron chi connectivity index (χ0n) is 14.4. The highest BCUT2D eigenvalue weighted by atomic mass is 79.9. The Balaban J connectivity index is 1.81. The Bertz CT molecular complexity index is 896. The second kappa shape index (κ2) is 8.46. The van der Waals surface area contributed by atoms with Crippen LogP contribution in [0.3, 0.4) is 0 Å². The van der Waals surface area contributed by atoms with Crippen LogP contribution in [0, 0.1) is 0 Å². The second-order valence-electron chi connectivity index (χ2n) is 6.40. The highest BCUT2D eigenvalue weighted by molar-refractivity contribution is 9.10. The summed E-state index contributed by atoms with van der Waals surface area (Å²) in [5.41, 5.74) is -0.889. The standard InChI is InChI=1S/C18H21BrN4O3/c19-13-4-6-14(7-5-13)23-17(25)15(16(24)21-18(23)26)12-20-8-11-22-9-2-1-3-10-22/h4-7,12,25H,1-3,8-11H2,(H,21,24,26)/p+1. The van der Waals surface area contributed by atoms with Crippen molar-refractivity contribution in [2.24, 2.45) is 4.99 Å². The number of rotatable bonds is 5. The molecule has 2 heterocycles. The number of piperidine rings is 1. The molecule has 2 aromatic rings. The van der Waals surface area contributed by atoms with Crippen LogP contribution in [0.2, 0.25) is 0 Å². The number of likely N-dealkylation sites (tertiary alicyclic amines) is 1. The van der Waals surface area contributed by atoms with Crippen molar-refractivity contribution in [3.05, 3.63) is 55.1 Å². The zero-order valence-corrected chi connectivity index (χ0v) is 16.0. The molecule has 1 aromatic heterocycles. The summed E-state index contributed by atoms with van der Waals surface area (Å²) in [5, 5.41) is 10.5. The molecule has 1 aliphatic rings. The SMILES string of the molecule is O=c1[nH]c(=O)n(-c2ccc(Br)cc2)c(O)c1C=NCC[NH+]1CCCCC1. The first kappa shape index (κ1) is 18.6. The van der Waals surface area contributed by atoms with Crippen LogP contribution in [0.15, 0.2) is 43.3 Å². The molecule has 1 aromatic carbocycles. The molecular weight excluding hydrogens is 400 g/mol. The fraction of sp³-hybridized carbons (Fsp3) is 0.389. The Hall–Kier alpha value is -2.19. The van der Waals surface area contributed by atoms with Gasteiger partial charge in [0.25, 0.3) is 5.56 Å². The van der Waals surface area contributed by atoms with Crippen molar-refractivity contribution < 1.29 is 10.0 Å². The normalized spacial score (nSPS) is 15.6. The van der Waals surface area contributed by atoms with E-state index in [9.17, 15) is 14.7 Å². The summed E-state index contributed by atoms with van der Waals surface area (Å²) in [5.74, 6) is -0.407. The number of aromatic nitrogens is 2. The monoisotopic (exact) mass is 421 g/mol. The number of nitrogens with zero attached hydrogens (tertiary/aromatic N) is 2. The lowest BCUT2D eigenvalue weighted by Crippen LogP contribution is -3.13. The molecule has 1 saturated heterocycles. The molecule has 3 N–H and O–H groups in total. The minimum Gasteiger partial charge on any atom is -0.493 e. The van der Waals surface area contributed by atoms with E-state index in [2.05, 4.69) is 25.9 Å². The Morgan fingerprint density at radius 2 is 1.88 bits per heavy atom. The highest BCUT2D eigenvalue weighted by Crippen LogP contribution is 2.17. The van der Waals surface area contributed by atoms with Gasteiger partial charge in [-0.05, 0) is 43.5 Å². The van der Waals surface area contributed by atoms with E-state index in [0.29, 0.717) is 12.2 Å². The van der Waals surface area contributed by atoms with E-state index in [1.807, 2.05) is 0 Å². The van der Waals surface area contributed by atoms with Crippen LogP contribution in [-0.2, 0) is 0 Å². The van der Waals surface area contributed by atoms with E-state index in [4.69, 9.17) is 0 Å². The summed E-state index contributed by atoms with van der Waals surface area (Å²) in [6.45, 7) is 3.80. The first-order chi connectivity index (χ1) is 12.6. The van der Waals surface area contributed by atoms with Crippen molar-refractivity contribution >= 4 is 22.1 Å². The molecule has 0 bridgehead atoms. The smallest absolute Gasteiger partial charge is 0.335 e. The van der Waals surface area contributed by atoms with Crippen molar-refractivity contribution in [1.82, 2.24) is 9.55 Å². The van der Waals surface area contributed by atoms with E-state index in [1.54, 1.807) is 24.3 Å². The van der Waals surface area contributed by atoms with Gasteiger partial charge >= 0.3 is 5.69 Å². The van der Waals surface area contributed by atoms with Gasteiger partial charge in [0.1, 0.15) is 5.56 Å². The predicted octanol–water partition coefficient (Wildman–Crippen LogP) is 0.482. The number of nitrogens with one attached hydrogen (secondary N) is 2. The number of halogens is 1. The molecule has 8 heteroatoms. The summed E-state index contributed by atoms with van der Waals surface area (Å²) < 4.78 is 1.91. The van der Waals surface area contributed by atoms with Crippen LogP contribution < -0.4 is 16.1 Å². The van der Waals surface area contributed by atoms with Crippen molar-refractivity contribution in [3.63, 3.8) is 0 Å². The summed E-state index contributed by atoms with van der Waals surface area (Å²) in [7, 11) is 0. The minimum absolute atomic E-state index is 0.0128. The lowest BCUT2D eigenvalue weighted by Gasteiger charge is -2.22. The molecule has 0 radical (unpaired) electrons. The maximum Gasteiger partial charge on any atom is 0.335 e. The van der Waals surface area contributed by atoms with Crippen molar-refractivity contribution in [1.29, 1.82) is 0 Å². The Kier molecular flexibility index (Phi) is 6.05. The predicted molar refractivity (Wildman–Crippen MR) is 104 cm³/mol. The van der Waals surface area contributed by atoms with Crippen molar-refractivity contribution in [2.45, 2.75) is 19.3 Å². The van der Waals surface area contributed by atoms with E-state index in [0.717, 1.165) is 28.7 Å².